The lowest BCUT2D eigenvalue weighted by molar-refractivity contribution is -0.119. The number of amides is 1. The highest BCUT2D eigenvalue weighted by Gasteiger charge is 2.61. The summed E-state index contributed by atoms with van der Waals surface area (Å²) in [5.41, 5.74) is 0.313. The summed E-state index contributed by atoms with van der Waals surface area (Å²) in [5.74, 6) is 0.244. The highest BCUT2D eigenvalue weighted by molar-refractivity contribution is 6.36. The van der Waals surface area contributed by atoms with Crippen LogP contribution in [0.25, 0.3) is 0 Å². The molecule has 4 nitrogen and oxygen atoms in total. The molecule has 0 spiro atoms. The molecule has 1 aliphatic rings. The van der Waals surface area contributed by atoms with Crippen LogP contribution in [-0.2, 0) is 4.79 Å². The number of halogens is 2. The van der Waals surface area contributed by atoms with Crippen LogP contribution in [0.4, 0.5) is 5.69 Å². The van der Waals surface area contributed by atoms with Crippen molar-refractivity contribution in [2.45, 2.75) is 12.3 Å². The average Bonchev–Trinajstić information content (AvgIpc) is 3.33. The van der Waals surface area contributed by atoms with Crippen LogP contribution in [0.2, 0.25) is 10.0 Å². The number of hydrogen-bond donors (Lipinski definition) is 1. The van der Waals surface area contributed by atoms with Gasteiger partial charge in [-0.25, -0.2) is 0 Å². The van der Waals surface area contributed by atoms with Gasteiger partial charge in [0.25, 0.3) is 0 Å². The summed E-state index contributed by atoms with van der Waals surface area (Å²) in [6.07, 6.45) is 0.479. The van der Waals surface area contributed by atoms with E-state index in [4.69, 9.17) is 27.9 Å². The summed E-state index contributed by atoms with van der Waals surface area (Å²) >= 11 is 11.9. The van der Waals surface area contributed by atoms with E-state index in [9.17, 15) is 10.1 Å². The van der Waals surface area contributed by atoms with Crippen molar-refractivity contribution in [3.05, 3.63) is 58.1 Å². The Morgan fingerprint density at radius 3 is 2.58 bits per heavy atom. The van der Waals surface area contributed by atoms with E-state index in [1.807, 2.05) is 24.3 Å². The Labute approximate surface area is 149 Å². The molecule has 0 saturated heterocycles. The Bertz CT molecular complexity index is 830. The van der Waals surface area contributed by atoms with Crippen molar-refractivity contribution in [2.75, 3.05) is 12.4 Å². The fraction of sp³-hybridized carbons (Fsp3) is 0.222. The number of carbonyl (C=O) groups excluding carboxylic acids is 1. The summed E-state index contributed by atoms with van der Waals surface area (Å²) in [5, 5.41) is 13.1. The Kier molecular flexibility index (Phi) is 4.40. The van der Waals surface area contributed by atoms with Crippen LogP contribution in [0.1, 0.15) is 17.9 Å². The highest BCUT2D eigenvalue weighted by Crippen LogP contribution is 2.59. The number of methoxy groups -OCH3 is 1. The summed E-state index contributed by atoms with van der Waals surface area (Å²) < 4.78 is 5.13. The molecule has 2 aromatic rings. The average molecular weight is 361 g/mol. The van der Waals surface area contributed by atoms with E-state index in [0.29, 0.717) is 22.2 Å². The fourth-order valence-electron chi connectivity index (χ4n) is 2.75. The van der Waals surface area contributed by atoms with E-state index in [1.165, 1.54) is 0 Å². The van der Waals surface area contributed by atoms with Gasteiger partial charge in [-0.05, 0) is 42.3 Å². The lowest BCUT2D eigenvalue weighted by Gasteiger charge is -2.12. The molecule has 0 bridgehead atoms. The first-order valence-electron chi connectivity index (χ1n) is 7.32. The number of anilines is 1. The van der Waals surface area contributed by atoms with Gasteiger partial charge < -0.3 is 10.1 Å². The summed E-state index contributed by atoms with van der Waals surface area (Å²) in [6, 6.07) is 14.4. The Morgan fingerprint density at radius 1 is 1.29 bits per heavy atom. The maximum Gasteiger partial charge on any atom is 0.245 e. The standard InChI is InChI=1S/C18H14Cl2N2O2/c1-24-13-5-2-11(3-6-13)14-9-18(14,10-21)17(23)22-16-7-4-12(19)8-15(16)20/h2-8,14H,9H2,1H3,(H,22,23). The van der Waals surface area contributed by atoms with E-state index in [1.54, 1.807) is 25.3 Å². The molecule has 2 atom stereocenters. The minimum absolute atomic E-state index is 0.139. The molecule has 0 heterocycles. The van der Waals surface area contributed by atoms with E-state index >= 15 is 0 Å². The van der Waals surface area contributed by atoms with Crippen molar-refractivity contribution >= 4 is 34.8 Å². The Morgan fingerprint density at radius 2 is 2.00 bits per heavy atom. The van der Waals surface area contributed by atoms with Crippen molar-refractivity contribution in [2.24, 2.45) is 5.41 Å². The van der Waals surface area contributed by atoms with Crippen LogP contribution in [0.15, 0.2) is 42.5 Å². The third-order valence-corrected chi connectivity index (χ3v) is 4.81. The second-order valence-electron chi connectivity index (χ2n) is 5.69. The molecule has 24 heavy (non-hydrogen) atoms. The molecule has 1 aliphatic carbocycles. The molecule has 0 aliphatic heterocycles. The summed E-state index contributed by atoms with van der Waals surface area (Å²) in [7, 11) is 1.59. The van der Waals surface area contributed by atoms with Gasteiger partial charge in [-0.1, -0.05) is 35.3 Å². The van der Waals surface area contributed by atoms with Gasteiger partial charge in [-0.3, -0.25) is 4.79 Å². The summed E-state index contributed by atoms with van der Waals surface area (Å²) in [6.45, 7) is 0. The zero-order chi connectivity index (χ0) is 17.3. The zero-order valence-electron chi connectivity index (χ0n) is 12.8. The van der Waals surface area contributed by atoms with Crippen molar-refractivity contribution in [1.29, 1.82) is 5.26 Å². The van der Waals surface area contributed by atoms with Gasteiger partial charge >= 0.3 is 0 Å². The minimum atomic E-state index is -1.07. The van der Waals surface area contributed by atoms with Gasteiger partial charge in [-0.2, -0.15) is 5.26 Å². The quantitative estimate of drug-likeness (QED) is 0.863. The SMILES string of the molecule is COc1ccc(C2CC2(C#N)C(=O)Nc2ccc(Cl)cc2Cl)cc1. The van der Waals surface area contributed by atoms with E-state index in [2.05, 4.69) is 11.4 Å². The molecule has 6 heteroatoms. The second kappa shape index (κ2) is 6.35. The van der Waals surface area contributed by atoms with E-state index in [-0.39, 0.29) is 11.8 Å². The smallest absolute Gasteiger partial charge is 0.245 e. The molecule has 1 saturated carbocycles. The minimum Gasteiger partial charge on any atom is -0.497 e. The van der Waals surface area contributed by atoms with Crippen molar-refractivity contribution < 1.29 is 9.53 Å². The fourth-order valence-corrected chi connectivity index (χ4v) is 3.21. The van der Waals surface area contributed by atoms with Gasteiger partial charge in [0, 0.05) is 10.9 Å². The van der Waals surface area contributed by atoms with E-state index in [0.717, 1.165) is 11.3 Å². The third-order valence-electron chi connectivity index (χ3n) is 4.26. The lowest BCUT2D eigenvalue weighted by Crippen LogP contribution is -2.24. The highest BCUT2D eigenvalue weighted by atomic mass is 35.5. The largest absolute Gasteiger partial charge is 0.497 e. The number of ether oxygens (including phenoxy) is 1. The number of hydrogen-bond acceptors (Lipinski definition) is 3. The van der Waals surface area contributed by atoms with Crippen LogP contribution in [0, 0.1) is 16.7 Å². The van der Waals surface area contributed by atoms with E-state index < -0.39 is 5.41 Å². The van der Waals surface area contributed by atoms with Gasteiger partial charge in [0.15, 0.2) is 0 Å². The number of carbonyl (C=O) groups is 1. The van der Waals surface area contributed by atoms with Gasteiger partial charge in [-0.15, -0.1) is 0 Å². The molecule has 3 rings (SSSR count). The molecular weight excluding hydrogens is 347 g/mol. The topological polar surface area (TPSA) is 62.1 Å². The summed E-state index contributed by atoms with van der Waals surface area (Å²) in [4.78, 5) is 12.6. The molecule has 0 aromatic heterocycles. The normalized spacial score (nSPS) is 21.7. The van der Waals surface area contributed by atoms with Crippen LogP contribution >= 0.6 is 23.2 Å². The first kappa shape index (κ1) is 16.6. The third kappa shape index (κ3) is 2.93. The Balaban J connectivity index is 1.79. The molecule has 1 fully saturated rings. The number of nitriles is 1. The van der Waals surface area contributed by atoms with Gasteiger partial charge in [0.05, 0.1) is 23.9 Å². The molecule has 2 unspecified atom stereocenters. The number of benzene rings is 2. The van der Waals surface area contributed by atoms with Crippen molar-refractivity contribution in [1.82, 2.24) is 0 Å². The molecule has 122 valence electrons. The molecular formula is C18H14Cl2N2O2. The predicted octanol–water partition coefficient (Wildman–Crippen LogP) is 4.64. The van der Waals surface area contributed by atoms with Crippen molar-refractivity contribution in [3.8, 4) is 11.8 Å². The molecule has 0 radical (unpaired) electrons. The number of rotatable bonds is 4. The van der Waals surface area contributed by atoms with Crippen LogP contribution in [-0.4, -0.2) is 13.0 Å². The predicted molar refractivity (Wildman–Crippen MR) is 93.5 cm³/mol. The molecule has 2 aromatic carbocycles. The first-order valence-corrected chi connectivity index (χ1v) is 8.07. The van der Waals surface area contributed by atoms with Gasteiger partial charge in [0.2, 0.25) is 5.91 Å². The van der Waals surface area contributed by atoms with Crippen LogP contribution in [0.3, 0.4) is 0 Å². The number of nitrogens with one attached hydrogen (secondary N) is 1. The van der Waals surface area contributed by atoms with Crippen molar-refractivity contribution in [3.63, 3.8) is 0 Å². The lowest BCUT2D eigenvalue weighted by atomic mass is 9.99. The zero-order valence-corrected chi connectivity index (χ0v) is 14.4. The second-order valence-corrected chi connectivity index (χ2v) is 6.53. The number of nitrogens with zero attached hydrogens (tertiary/aromatic N) is 1. The Hall–Kier alpha value is -2.22. The molecule has 1 N–H and O–H groups in total. The van der Waals surface area contributed by atoms with Crippen LogP contribution < -0.4 is 10.1 Å². The van der Waals surface area contributed by atoms with Crippen LogP contribution in [0.5, 0.6) is 5.75 Å². The monoisotopic (exact) mass is 360 g/mol. The molecule has 1 amide bonds. The maximum absolute atomic E-state index is 12.6. The van der Waals surface area contributed by atoms with Gasteiger partial charge in [0.1, 0.15) is 11.2 Å². The maximum atomic E-state index is 12.6. The first-order chi connectivity index (χ1) is 11.5.